The van der Waals surface area contributed by atoms with Gasteiger partial charge in [-0.3, -0.25) is 9.59 Å². The van der Waals surface area contributed by atoms with Crippen LogP contribution in [0.25, 0.3) is 0 Å². The van der Waals surface area contributed by atoms with Crippen LogP contribution in [0.4, 0.5) is 5.13 Å². The minimum absolute atomic E-state index is 0.163. The van der Waals surface area contributed by atoms with Crippen LogP contribution in [0.1, 0.15) is 20.7 Å². The Balaban J connectivity index is 1.99. The number of rotatable bonds is 2. The predicted molar refractivity (Wildman–Crippen MR) is 68.9 cm³/mol. The monoisotopic (exact) mass is 256 g/mol. The van der Waals surface area contributed by atoms with Crippen LogP contribution in [-0.2, 0) is 0 Å². The SMILES string of the molecule is O=C1C=C(Nc2nccs2)C(=O)c2ccccc21. The van der Waals surface area contributed by atoms with Gasteiger partial charge >= 0.3 is 0 Å². The van der Waals surface area contributed by atoms with E-state index >= 15 is 0 Å². The van der Waals surface area contributed by atoms with Gasteiger partial charge in [0.1, 0.15) is 0 Å². The molecule has 0 radical (unpaired) electrons. The van der Waals surface area contributed by atoms with E-state index in [1.165, 1.54) is 17.4 Å². The Morgan fingerprint density at radius 2 is 1.89 bits per heavy atom. The third kappa shape index (κ3) is 1.74. The van der Waals surface area contributed by atoms with Crippen molar-refractivity contribution in [2.24, 2.45) is 0 Å². The van der Waals surface area contributed by atoms with Gasteiger partial charge in [0.2, 0.25) is 5.78 Å². The van der Waals surface area contributed by atoms with Gasteiger partial charge in [-0.2, -0.15) is 0 Å². The van der Waals surface area contributed by atoms with Gasteiger partial charge < -0.3 is 5.32 Å². The van der Waals surface area contributed by atoms with Crippen molar-refractivity contribution in [3.05, 3.63) is 58.7 Å². The molecule has 0 saturated carbocycles. The van der Waals surface area contributed by atoms with Crippen molar-refractivity contribution >= 4 is 28.0 Å². The molecule has 1 aliphatic rings. The lowest BCUT2D eigenvalue weighted by Crippen LogP contribution is -2.21. The number of carbonyl (C=O) groups excluding carboxylic acids is 2. The number of nitrogens with one attached hydrogen (secondary N) is 1. The molecule has 3 rings (SSSR count). The average Bonchev–Trinajstić information content (AvgIpc) is 2.89. The van der Waals surface area contributed by atoms with Gasteiger partial charge in [-0.25, -0.2) is 4.98 Å². The Kier molecular flexibility index (Phi) is 2.53. The van der Waals surface area contributed by atoms with Crippen molar-refractivity contribution in [2.75, 3.05) is 5.32 Å². The van der Waals surface area contributed by atoms with Crippen LogP contribution in [0, 0.1) is 0 Å². The number of aromatic nitrogens is 1. The summed E-state index contributed by atoms with van der Waals surface area (Å²) in [5, 5.41) is 5.28. The Labute approximate surface area is 107 Å². The number of ketones is 2. The van der Waals surface area contributed by atoms with Gasteiger partial charge in [0.05, 0.1) is 5.70 Å². The van der Waals surface area contributed by atoms with Crippen LogP contribution < -0.4 is 5.32 Å². The molecule has 1 heterocycles. The van der Waals surface area contributed by atoms with E-state index in [4.69, 9.17) is 0 Å². The minimum atomic E-state index is -0.180. The van der Waals surface area contributed by atoms with Crippen molar-refractivity contribution in [1.82, 2.24) is 4.98 Å². The molecule has 18 heavy (non-hydrogen) atoms. The molecule has 4 nitrogen and oxygen atoms in total. The van der Waals surface area contributed by atoms with Crippen molar-refractivity contribution in [3.63, 3.8) is 0 Å². The molecule has 0 amide bonds. The molecule has 1 aromatic heterocycles. The summed E-state index contributed by atoms with van der Waals surface area (Å²) in [7, 11) is 0. The highest BCUT2D eigenvalue weighted by Gasteiger charge is 2.25. The lowest BCUT2D eigenvalue weighted by molar-refractivity contribution is 0.0985. The molecule has 0 aliphatic heterocycles. The van der Waals surface area contributed by atoms with E-state index < -0.39 is 0 Å². The maximum Gasteiger partial charge on any atom is 0.210 e. The molecule has 5 heteroatoms. The highest BCUT2D eigenvalue weighted by molar-refractivity contribution is 7.13. The van der Waals surface area contributed by atoms with Crippen LogP contribution in [0.5, 0.6) is 0 Å². The molecule has 0 fully saturated rings. The Hall–Kier alpha value is -2.27. The summed E-state index contributed by atoms with van der Waals surface area (Å²) in [4.78, 5) is 28.1. The van der Waals surface area contributed by atoms with Gasteiger partial charge in [0, 0.05) is 28.8 Å². The van der Waals surface area contributed by atoms with Crippen molar-refractivity contribution < 1.29 is 9.59 Å². The fourth-order valence-electron chi connectivity index (χ4n) is 1.81. The first-order chi connectivity index (χ1) is 8.75. The Morgan fingerprint density at radius 1 is 1.11 bits per heavy atom. The number of fused-ring (bicyclic) bond motifs is 1. The van der Waals surface area contributed by atoms with Gasteiger partial charge in [-0.05, 0) is 0 Å². The lowest BCUT2D eigenvalue weighted by Gasteiger charge is -2.14. The molecule has 0 spiro atoms. The zero-order chi connectivity index (χ0) is 12.5. The van der Waals surface area contributed by atoms with Crippen molar-refractivity contribution in [1.29, 1.82) is 0 Å². The molecular weight excluding hydrogens is 248 g/mol. The number of benzene rings is 1. The van der Waals surface area contributed by atoms with E-state index in [0.29, 0.717) is 16.3 Å². The summed E-state index contributed by atoms with van der Waals surface area (Å²) in [5.74, 6) is -0.343. The zero-order valence-electron chi connectivity index (χ0n) is 9.21. The van der Waals surface area contributed by atoms with Gasteiger partial charge in [-0.1, -0.05) is 24.3 Å². The van der Waals surface area contributed by atoms with Crippen LogP contribution >= 0.6 is 11.3 Å². The number of anilines is 1. The number of nitrogens with zero attached hydrogens (tertiary/aromatic N) is 1. The fourth-order valence-corrected chi connectivity index (χ4v) is 2.35. The molecule has 1 aliphatic carbocycles. The topological polar surface area (TPSA) is 59.1 Å². The van der Waals surface area contributed by atoms with E-state index in [-0.39, 0.29) is 17.3 Å². The predicted octanol–water partition coefficient (Wildman–Crippen LogP) is 2.52. The quantitative estimate of drug-likeness (QED) is 0.897. The molecule has 0 saturated heterocycles. The Morgan fingerprint density at radius 3 is 2.61 bits per heavy atom. The van der Waals surface area contributed by atoms with Crippen LogP contribution in [0.2, 0.25) is 0 Å². The van der Waals surface area contributed by atoms with E-state index in [9.17, 15) is 9.59 Å². The number of carbonyl (C=O) groups is 2. The molecule has 1 N–H and O–H groups in total. The molecule has 88 valence electrons. The summed E-state index contributed by atoms with van der Waals surface area (Å²) in [6, 6.07) is 6.81. The molecular formula is C13H8N2O2S. The summed E-state index contributed by atoms with van der Waals surface area (Å²) in [5.41, 5.74) is 1.16. The number of hydrogen-bond acceptors (Lipinski definition) is 5. The summed E-state index contributed by atoms with van der Waals surface area (Å²) >= 11 is 1.37. The number of allylic oxidation sites excluding steroid dienone is 2. The third-order valence-corrected chi connectivity index (χ3v) is 3.32. The molecule has 0 bridgehead atoms. The standard InChI is InChI=1S/C13H8N2O2S/c16-11-7-10(15-13-14-5-6-18-13)12(17)9-4-2-1-3-8(9)11/h1-7H,(H,14,15). The highest BCUT2D eigenvalue weighted by Crippen LogP contribution is 2.23. The number of thiazole rings is 1. The third-order valence-electron chi connectivity index (χ3n) is 2.63. The van der Waals surface area contributed by atoms with E-state index in [0.717, 1.165) is 0 Å². The van der Waals surface area contributed by atoms with E-state index in [2.05, 4.69) is 10.3 Å². The van der Waals surface area contributed by atoms with Gasteiger partial charge in [0.15, 0.2) is 10.9 Å². The lowest BCUT2D eigenvalue weighted by atomic mass is 9.93. The minimum Gasteiger partial charge on any atom is -0.328 e. The zero-order valence-corrected chi connectivity index (χ0v) is 10.0. The van der Waals surface area contributed by atoms with Crippen LogP contribution in [-0.4, -0.2) is 16.6 Å². The second-order valence-corrected chi connectivity index (χ2v) is 4.65. The van der Waals surface area contributed by atoms with Gasteiger partial charge in [-0.15, -0.1) is 11.3 Å². The summed E-state index contributed by atoms with van der Waals surface area (Å²) in [6.45, 7) is 0. The first kappa shape index (κ1) is 10.9. The molecule has 0 unspecified atom stereocenters. The second-order valence-electron chi connectivity index (χ2n) is 3.76. The molecule has 2 aromatic rings. The van der Waals surface area contributed by atoms with Crippen molar-refractivity contribution in [2.45, 2.75) is 0 Å². The smallest absolute Gasteiger partial charge is 0.210 e. The van der Waals surface area contributed by atoms with Crippen molar-refractivity contribution in [3.8, 4) is 0 Å². The second kappa shape index (κ2) is 4.19. The molecule has 0 atom stereocenters. The fraction of sp³-hybridized carbons (Fsp3) is 0. The van der Waals surface area contributed by atoms with E-state index in [1.54, 1.807) is 35.8 Å². The highest BCUT2D eigenvalue weighted by atomic mass is 32.1. The van der Waals surface area contributed by atoms with Gasteiger partial charge in [0.25, 0.3) is 0 Å². The Bertz CT molecular complexity index is 659. The molecule has 1 aromatic carbocycles. The number of Topliss-reactive ketones (excluding diaryl/α,β-unsaturated/α-hetero) is 1. The largest absolute Gasteiger partial charge is 0.328 e. The first-order valence-corrected chi connectivity index (χ1v) is 6.20. The van der Waals surface area contributed by atoms with E-state index in [1.807, 2.05) is 0 Å². The summed E-state index contributed by atoms with van der Waals surface area (Å²) in [6.07, 6.45) is 2.96. The number of hydrogen-bond donors (Lipinski definition) is 1. The summed E-state index contributed by atoms with van der Waals surface area (Å²) < 4.78 is 0. The maximum absolute atomic E-state index is 12.2. The normalized spacial score (nSPS) is 14.1. The average molecular weight is 256 g/mol. The first-order valence-electron chi connectivity index (χ1n) is 5.32. The maximum atomic E-state index is 12.2. The van der Waals surface area contributed by atoms with Crippen LogP contribution in [0.3, 0.4) is 0 Å². The van der Waals surface area contributed by atoms with Crippen LogP contribution in [0.15, 0.2) is 47.6 Å².